The number of ketones is 1. The molecule has 0 aliphatic carbocycles. The summed E-state index contributed by atoms with van der Waals surface area (Å²) in [4.78, 5) is 44.4. The van der Waals surface area contributed by atoms with E-state index in [1.165, 1.54) is 6.26 Å². The van der Waals surface area contributed by atoms with Crippen LogP contribution in [0.15, 0.2) is 71.3 Å². The lowest BCUT2D eigenvalue weighted by molar-refractivity contribution is -0.128. The summed E-state index contributed by atoms with van der Waals surface area (Å²) >= 11 is 0. The average molecular weight is 439 g/mol. The standard InChI is InChI=1S/C26H21N3O4/c30-21(19-11-6-14-33-19)22-25(15-7-1-3-9-17(15)27-23(25)31)20-12-5-13-29(20)26(22)16-8-2-4-10-18(16)28-24(26)32/h1-4,6-11,14,20,22H,5,12-13H2,(H,27,31)(H,28,32)/t20-,22-,25+,26+/m0/s1. The maximum atomic E-state index is 14.3. The number of Topliss-reactive ketones (excluding diaryl/α,β-unsaturated/α-hetero) is 1. The van der Waals surface area contributed by atoms with Gasteiger partial charge in [0.05, 0.1) is 12.2 Å². The summed E-state index contributed by atoms with van der Waals surface area (Å²) in [6, 6.07) is 18.0. The van der Waals surface area contributed by atoms with Crippen molar-refractivity contribution in [3.05, 3.63) is 83.8 Å². The van der Waals surface area contributed by atoms with E-state index in [1.54, 1.807) is 12.1 Å². The van der Waals surface area contributed by atoms with Crippen LogP contribution in [-0.2, 0) is 20.5 Å². The molecule has 2 spiro atoms. The van der Waals surface area contributed by atoms with E-state index in [-0.39, 0.29) is 29.4 Å². The number of nitrogens with zero attached hydrogens (tertiary/aromatic N) is 1. The van der Waals surface area contributed by atoms with E-state index in [0.717, 1.165) is 24.0 Å². The van der Waals surface area contributed by atoms with Gasteiger partial charge in [-0.05, 0) is 49.2 Å². The van der Waals surface area contributed by atoms with Crippen LogP contribution in [0.5, 0.6) is 0 Å². The summed E-state index contributed by atoms with van der Waals surface area (Å²) in [5.41, 5.74) is 0.429. The number of carbonyl (C=O) groups is 3. The minimum atomic E-state index is -1.30. The van der Waals surface area contributed by atoms with Gasteiger partial charge in [-0.15, -0.1) is 0 Å². The highest BCUT2D eigenvalue weighted by Crippen LogP contribution is 2.66. The Morgan fingerprint density at radius 2 is 1.61 bits per heavy atom. The van der Waals surface area contributed by atoms with E-state index in [9.17, 15) is 14.4 Å². The Bertz CT molecular complexity index is 1270. The van der Waals surface area contributed by atoms with Gasteiger partial charge in [0.2, 0.25) is 17.6 Å². The molecule has 0 saturated carbocycles. The third-order valence-electron chi connectivity index (χ3n) is 8.06. The van der Waals surface area contributed by atoms with E-state index < -0.39 is 16.9 Å². The molecule has 2 fully saturated rings. The van der Waals surface area contributed by atoms with Crippen LogP contribution in [0.3, 0.4) is 0 Å². The molecule has 0 unspecified atom stereocenters. The van der Waals surface area contributed by atoms with Gasteiger partial charge < -0.3 is 15.1 Å². The molecular formula is C26H21N3O4. The second-order valence-electron chi connectivity index (χ2n) is 9.26. The summed E-state index contributed by atoms with van der Waals surface area (Å²) in [6.07, 6.45) is 3.02. The Morgan fingerprint density at radius 1 is 0.909 bits per heavy atom. The molecule has 1 aromatic heterocycles. The van der Waals surface area contributed by atoms with Gasteiger partial charge in [0.15, 0.2) is 5.76 Å². The molecule has 164 valence electrons. The number of carbonyl (C=O) groups excluding carboxylic acids is 3. The van der Waals surface area contributed by atoms with Crippen LogP contribution in [-0.4, -0.2) is 35.1 Å². The van der Waals surface area contributed by atoms with Crippen molar-refractivity contribution >= 4 is 29.0 Å². The number of anilines is 2. The van der Waals surface area contributed by atoms with Crippen LogP contribution in [0.4, 0.5) is 11.4 Å². The van der Waals surface area contributed by atoms with Crippen LogP contribution in [0.1, 0.15) is 34.5 Å². The predicted octanol–water partition coefficient (Wildman–Crippen LogP) is 3.29. The molecule has 0 radical (unpaired) electrons. The molecular weight excluding hydrogens is 418 g/mol. The molecule has 33 heavy (non-hydrogen) atoms. The third kappa shape index (κ3) is 1.98. The number of rotatable bonds is 2. The highest BCUT2D eigenvalue weighted by Gasteiger charge is 2.79. The van der Waals surface area contributed by atoms with Gasteiger partial charge in [0, 0.05) is 23.0 Å². The number of amides is 2. The summed E-state index contributed by atoms with van der Waals surface area (Å²) in [6.45, 7) is 0.631. The SMILES string of the molecule is O=C(c1ccco1)[C@H]1[C@]2(C(=O)Nc3ccccc32)[C@@H]2CCCN2[C@@]12C(=O)Nc1ccccc12. The molecule has 2 N–H and O–H groups in total. The van der Waals surface area contributed by atoms with Crippen LogP contribution >= 0.6 is 0 Å². The minimum absolute atomic E-state index is 0.161. The van der Waals surface area contributed by atoms with Crippen molar-refractivity contribution < 1.29 is 18.8 Å². The van der Waals surface area contributed by atoms with Crippen LogP contribution in [0, 0.1) is 5.92 Å². The van der Waals surface area contributed by atoms with Crippen molar-refractivity contribution in [2.24, 2.45) is 5.92 Å². The molecule has 4 aliphatic heterocycles. The van der Waals surface area contributed by atoms with Crippen molar-refractivity contribution in [1.29, 1.82) is 0 Å². The maximum absolute atomic E-state index is 14.3. The fourth-order valence-electron chi connectivity index (χ4n) is 7.06. The number of benzene rings is 2. The van der Waals surface area contributed by atoms with Crippen molar-refractivity contribution in [2.75, 3.05) is 17.2 Å². The van der Waals surface area contributed by atoms with Crippen LogP contribution < -0.4 is 10.6 Å². The molecule has 0 bridgehead atoms. The minimum Gasteiger partial charge on any atom is -0.461 e. The molecule has 7 heteroatoms. The smallest absolute Gasteiger partial charge is 0.250 e. The van der Waals surface area contributed by atoms with Crippen molar-refractivity contribution in [3.8, 4) is 0 Å². The fraction of sp³-hybridized carbons (Fsp3) is 0.269. The van der Waals surface area contributed by atoms with Gasteiger partial charge in [-0.3, -0.25) is 19.3 Å². The first kappa shape index (κ1) is 18.8. The highest BCUT2D eigenvalue weighted by atomic mass is 16.3. The van der Waals surface area contributed by atoms with E-state index in [1.807, 2.05) is 48.5 Å². The molecule has 2 saturated heterocycles. The summed E-state index contributed by atoms with van der Waals surface area (Å²) in [5.74, 6) is -1.62. The van der Waals surface area contributed by atoms with Crippen molar-refractivity contribution in [2.45, 2.75) is 29.8 Å². The lowest BCUT2D eigenvalue weighted by atomic mass is 9.60. The molecule has 3 aromatic rings. The van der Waals surface area contributed by atoms with Crippen molar-refractivity contribution in [3.63, 3.8) is 0 Å². The Kier molecular flexibility index (Phi) is 3.54. The number of fused-ring (bicyclic) bond motifs is 7. The normalized spacial score (nSPS) is 31.5. The highest BCUT2D eigenvalue weighted by molar-refractivity contribution is 6.18. The topological polar surface area (TPSA) is 91.7 Å². The second kappa shape index (κ2) is 6.20. The molecule has 4 atom stereocenters. The van der Waals surface area contributed by atoms with Crippen LogP contribution in [0.25, 0.3) is 0 Å². The van der Waals surface area contributed by atoms with Gasteiger partial charge in [-0.25, -0.2) is 0 Å². The Balaban J connectivity index is 1.60. The predicted molar refractivity (Wildman–Crippen MR) is 120 cm³/mol. The van der Waals surface area contributed by atoms with Gasteiger partial charge in [0.1, 0.15) is 11.0 Å². The first-order valence-corrected chi connectivity index (χ1v) is 11.3. The number of furan rings is 1. The van der Waals surface area contributed by atoms with E-state index >= 15 is 0 Å². The number of hydrogen-bond acceptors (Lipinski definition) is 5. The van der Waals surface area contributed by atoms with E-state index in [4.69, 9.17) is 4.42 Å². The van der Waals surface area contributed by atoms with Gasteiger partial charge in [-0.1, -0.05) is 36.4 Å². The van der Waals surface area contributed by atoms with Crippen LogP contribution in [0.2, 0.25) is 0 Å². The van der Waals surface area contributed by atoms with Gasteiger partial charge in [0.25, 0.3) is 0 Å². The molecule has 5 heterocycles. The first-order valence-electron chi connectivity index (χ1n) is 11.3. The zero-order valence-electron chi connectivity index (χ0n) is 17.7. The Labute approximate surface area is 189 Å². The lowest BCUT2D eigenvalue weighted by Gasteiger charge is -2.37. The molecule has 7 nitrogen and oxygen atoms in total. The second-order valence-corrected chi connectivity index (χ2v) is 9.26. The average Bonchev–Trinajstić information content (AvgIpc) is 3.62. The summed E-state index contributed by atoms with van der Waals surface area (Å²) in [7, 11) is 0. The quantitative estimate of drug-likeness (QED) is 0.598. The first-order chi connectivity index (χ1) is 16.1. The number of para-hydroxylation sites is 2. The molecule has 2 amide bonds. The van der Waals surface area contributed by atoms with Crippen molar-refractivity contribution in [1.82, 2.24) is 4.90 Å². The number of hydrogen-bond donors (Lipinski definition) is 2. The molecule has 4 aliphatic rings. The van der Waals surface area contributed by atoms with Gasteiger partial charge >= 0.3 is 0 Å². The molecule has 2 aromatic carbocycles. The lowest BCUT2D eigenvalue weighted by Crippen LogP contribution is -2.55. The Morgan fingerprint density at radius 3 is 2.36 bits per heavy atom. The largest absolute Gasteiger partial charge is 0.461 e. The summed E-state index contributed by atoms with van der Waals surface area (Å²) in [5, 5.41) is 6.06. The maximum Gasteiger partial charge on any atom is 0.250 e. The fourth-order valence-corrected chi connectivity index (χ4v) is 7.06. The van der Waals surface area contributed by atoms with E-state index in [2.05, 4.69) is 15.5 Å². The third-order valence-corrected chi connectivity index (χ3v) is 8.06. The Hall–Kier alpha value is -3.71. The molecule has 7 rings (SSSR count). The zero-order valence-corrected chi connectivity index (χ0v) is 17.7. The zero-order chi connectivity index (χ0) is 22.4. The number of nitrogens with one attached hydrogen (secondary N) is 2. The van der Waals surface area contributed by atoms with E-state index in [0.29, 0.717) is 17.9 Å². The van der Waals surface area contributed by atoms with Gasteiger partial charge in [-0.2, -0.15) is 0 Å². The summed E-state index contributed by atoms with van der Waals surface area (Å²) < 4.78 is 5.55. The monoisotopic (exact) mass is 439 g/mol.